The smallest absolute Gasteiger partial charge is 0.399 e. The summed E-state index contributed by atoms with van der Waals surface area (Å²) in [4.78, 5) is 14.1. The van der Waals surface area contributed by atoms with Gasteiger partial charge in [-0.1, -0.05) is 39.8 Å². The molecule has 0 unspecified atom stereocenters. The molecule has 4 rings (SSSR count). The average Bonchev–Trinajstić information content (AvgIpc) is 3.34. The number of hydrogen-bond donors (Lipinski definition) is 1. The minimum absolute atomic E-state index is 0.314. The number of fused-ring (bicyclic) bond motifs is 1. The Morgan fingerprint density at radius 2 is 1.56 bits per heavy atom. The van der Waals surface area contributed by atoms with Crippen LogP contribution < -0.4 is 15.7 Å². The highest BCUT2D eigenvalue weighted by Gasteiger charge is 2.51. The monoisotopic (exact) mass is 510 g/mol. The normalized spacial score (nSPS) is 17.4. The minimum Gasteiger partial charge on any atom is -0.399 e. The number of halogens is 4. The van der Waals surface area contributed by atoms with Crippen molar-refractivity contribution in [2.24, 2.45) is 0 Å². The Morgan fingerprint density at radius 1 is 0.972 bits per heavy atom. The first-order valence-electron chi connectivity index (χ1n) is 12.2. The van der Waals surface area contributed by atoms with Crippen molar-refractivity contribution in [1.29, 1.82) is 0 Å². The molecule has 2 aliphatic heterocycles. The van der Waals surface area contributed by atoms with Crippen molar-refractivity contribution in [3.05, 3.63) is 53.3 Å². The molecule has 36 heavy (non-hydrogen) atoms. The molecule has 198 valence electrons. The van der Waals surface area contributed by atoms with Crippen molar-refractivity contribution in [1.82, 2.24) is 0 Å². The van der Waals surface area contributed by atoms with Crippen LogP contribution in [0.25, 0.3) is 0 Å². The van der Waals surface area contributed by atoms with Gasteiger partial charge in [-0.15, -0.1) is 0 Å². The maximum Gasteiger partial charge on any atom is 0.494 e. The summed E-state index contributed by atoms with van der Waals surface area (Å²) in [6.07, 6.45) is -4.10. The molecule has 0 aromatic heterocycles. The van der Waals surface area contributed by atoms with Crippen LogP contribution in [0.15, 0.2) is 36.4 Å². The fourth-order valence-electron chi connectivity index (χ4n) is 3.74. The topological polar surface area (TPSA) is 50.8 Å². The molecule has 0 aliphatic carbocycles. The molecular formula is C26H35BF4N2O3. The molecule has 0 saturated carbocycles. The summed E-state index contributed by atoms with van der Waals surface area (Å²) in [5.74, 6) is -0.943. The lowest BCUT2D eigenvalue weighted by Gasteiger charge is -2.32. The molecule has 0 radical (unpaired) electrons. The summed E-state index contributed by atoms with van der Waals surface area (Å²) in [7, 11) is -0.549. The molecule has 10 heteroatoms. The van der Waals surface area contributed by atoms with Crippen molar-refractivity contribution in [2.75, 3.05) is 16.8 Å². The molecular weight excluding hydrogens is 475 g/mol. The molecule has 1 fully saturated rings. The Morgan fingerprint density at radius 3 is 2.11 bits per heavy atom. The van der Waals surface area contributed by atoms with E-state index in [-0.39, 0.29) is 0 Å². The van der Waals surface area contributed by atoms with Crippen molar-refractivity contribution >= 4 is 30.0 Å². The first-order chi connectivity index (χ1) is 16.8. The molecule has 2 aromatic rings. The van der Waals surface area contributed by atoms with Gasteiger partial charge in [0.15, 0.2) is 0 Å². The lowest BCUT2D eigenvalue weighted by atomic mass is 9.78. The molecule has 2 heterocycles. The molecule has 0 atom stereocenters. The minimum atomic E-state index is -4.64. The predicted octanol–water partition coefficient (Wildman–Crippen LogP) is 6.79. The standard InChI is InChI=1S/C22H23BF4N2O3.2C2H6/c1-20(2)21(3,4)32-23(31-20)15-6-8-18-13(11-15)9-10-29(18)19(30)28-17-12-14(22(25,26)27)5-7-16(17)24;2*1-2/h5-8,11-12H,9-10H2,1-4H3,(H,28,30);2*1-2H3. The zero-order chi connectivity index (χ0) is 27.5. The summed E-state index contributed by atoms with van der Waals surface area (Å²) in [5, 5.41) is 2.26. The van der Waals surface area contributed by atoms with Gasteiger partial charge in [-0.3, -0.25) is 4.90 Å². The predicted molar refractivity (Wildman–Crippen MR) is 136 cm³/mol. The van der Waals surface area contributed by atoms with E-state index in [1.165, 1.54) is 4.90 Å². The van der Waals surface area contributed by atoms with Crippen LogP contribution in [0.4, 0.5) is 33.7 Å². The quantitative estimate of drug-likeness (QED) is 0.358. The van der Waals surface area contributed by atoms with E-state index >= 15 is 0 Å². The summed E-state index contributed by atoms with van der Waals surface area (Å²) < 4.78 is 64.9. The van der Waals surface area contributed by atoms with Crippen LogP contribution in [-0.2, 0) is 21.9 Å². The fraction of sp³-hybridized carbons (Fsp3) is 0.500. The van der Waals surface area contributed by atoms with Gasteiger partial charge in [0, 0.05) is 12.2 Å². The highest BCUT2D eigenvalue weighted by molar-refractivity contribution is 6.62. The molecule has 5 nitrogen and oxygen atoms in total. The first kappa shape index (κ1) is 29.6. The van der Waals surface area contributed by atoms with E-state index in [9.17, 15) is 22.4 Å². The van der Waals surface area contributed by atoms with Crippen molar-refractivity contribution in [3.63, 3.8) is 0 Å². The van der Waals surface area contributed by atoms with Gasteiger partial charge in [-0.05, 0) is 69.4 Å². The van der Waals surface area contributed by atoms with E-state index in [4.69, 9.17) is 9.31 Å². The third-order valence-corrected chi connectivity index (χ3v) is 6.30. The number of amides is 2. The Balaban J connectivity index is 0.00000109. The van der Waals surface area contributed by atoms with Gasteiger partial charge in [0.1, 0.15) is 5.82 Å². The van der Waals surface area contributed by atoms with Crippen molar-refractivity contribution < 1.29 is 31.7 Å². The van der Waals surface area contributed by atoms with E-state index in [1.807, 2.05) is 61.5 Å². The second kappa shape index (κ2) is 11.2. The largest absolute Gasteiger partial charge is 0.494 e. The summed E-state index contributed by atoms with van der Waals surface area (Å²) in [6.45, 7) is 16.1. The van der Waals surface area contributed by atoms with E-state index < -0.39 is 47.6 Å². The van der Waals surface area contributed by atoms with Crippen LogP contribution in [-0.4, -0.2) is 30.9 Å². The number of nitrogens with one attached hydrogen (secondary N) is 1. The third kappa shape index (κ3) is 6.03. The number of nitrogens with zero attached hydrogens (tertiary/aromatic N) is 1. The number of carbonyl (C=O) groups excluding carboxylic acids is 1. The van der Waals surface area contributed by atoms with E-state index in [1.54, 1.807) is 12.1 Å². The molecule has 1 N–H and O–H groups in total. The molecule has 1 saturated heterocycles. The second-order valence-electron chi connectivity index (χ2n) is 9.00. The number of urea groups is 1. The molecule has 0 spiro atoms. The molecule has 2 aromatic carbocycles. The van der Waals surface area contributed by atoms with Gasteiger partial charge < -0.3 is 14.6 Å². The zero-order valence-corrected chi connectivity index (χ0v) is 22.1. The van der Waals surface area contributed by atoms with E-state index in [0.29, 0.717) is 36.9 Å². The van der Waals surface area contributed by atoms with Gasteiger partial charge in [-0.25, -0.2) is 9.18 Å². The van der Waals surface area contributed by atoms with Crippen LogP contribution in [0, 0.1) is 5.82 Å². The lowest BCUT2D eigenvalue weighted by Crippen LogP contribution is -2.41. The van der Waals surface area contributed by atoms with Gasteiger partial charge in [0.05, 0.1) is 22.5 Å². The number of anilines is 2. The number of benzene rings is 2. The van der Waals surface area contributed by atoms with Crippen LogP contribution in [0.5, 0.6) is 0 Å². The van der Waals surface area contributed by atoms with Gasteiger partial charge in [-0.2, -0.15) is 13.2 Å². The van der Waals surface area contributed by atoms with Crippen LogP contribution in [0.2, 0.25) is 0 Å². The van der Waals surface area contributed by atoms with Gasteiger partial charge in [0.2, 0.25) is 0 Å². The zero-order valence-electron chi connectivity index (χ0n) is 22.1. The third-order valence-electron chi connectivity index (χ3n) is 6.30. The Kier molecular flexibility index (Phi) is 9.23. The van der Waals surface area contributed by atoms with Crippen LogP contribution in [0.3, 0.4) is 0 Å². The van der Waals surface area contributed by atoms with Crippen LogP contribution >= 0.6 is 0 Å². The SMILES string of the molecule is CC.CC.CC1(C)OB(c2ccc3c(c2)CCN3C(=O)Nc2cc(C(F)(F)F)ccc2F)OC1(C)C. The summed E-state index contributed by atoms with van der Waals surface area (Å²) in [5.41, 5.74) is -0.245. The summed E-state index contributed by atoms with van der Waals surface area (Å²) >= 11 is 0. The fourth-order valence-corrected chi connectivity index (χ4v) is 3.74. The van der Waals surface area contributed by atoms with E-state index in [0.717, 1.165) is 11.0 Å². The van der Waals surface area contributed by atoms with Gasteiger partial charge >= 0.3 is 19.3 Å². The lowest BCUT2D eigenvalue weighted by molar-refractivity contribution is -0.137. The average molecular weight is 510 g/mol. The van der Waals surface area contributed by atoms with E-state index in [2.05, 4.69) is 5.32 Å². The van der Waals surface area contributed by atoms with Gasteiger partial charge in [0.25, 0.3) is 0 Å². The summed E-state index contributed by atoms with van der Waals surface area (Å²) in [6, 6.07) is 6.63. The maximum atomic E-state index is 14.0. The van der Waals surface area contributed by atoms with Crippen molar-refractivity contribution in [2.45, 2.75) is 79.2 Å². The Bertz CT molecular complexity index is 1060. The number of carbonyl (C=O) groups is 1. The Labute approximate surface area is 211 Å². The second-order valence-corrected chi connectivity index (χ2v) is 9.00. The number of hydrogen-bond acceptors (Lipinski definition) is 3. The highest BCUT2D eigenvalue weighted by Crippen LogP contribution is 2.37. The van der Waals surface area contributed by atoms with Crippen LogP contribution in [0.1, 0.15) is 66.5 Å². The van der Waals surface area contributed by atoms with Crippen molar-refractivity contribution in [3.8, 4) is 0 Å². The highest BCUT2D eigenvalue weighted by atomic mass is 19.4. The molecule has 0 bridgehead atoms. The Hall–Kier alpha value is -2.59. The first-order valence-corrected chi connectivity index (χ1v) is 12.2. The number of rotatable bonds is 2. The molecule has 2 aliphatic rings. The maximum absolute atomic E-state index is 14.0. The number of alkyl halides is 3. The molecule has 2 amide bonds.